The van der Waals surface area contributed by atoms with E-state index in [0.29, 0.717) is 21.8 Å². The van der Waals surface area contributed by atoms with Crippen molar-refractivity contribution in [1.29, 1.82) is 0 Å². The summed E-state index contributed by atoms with van der Waals surface area (Å²) in [5, 5.41) is 2.26. The predicted molar refractivity (Wildman–Crippen MR) is 90.9 cm³/mol. The summed E-state index contributed by atoms with van der Waals surface area (Å²) in [7, 11) is 0. The van der Waals surface area contributed by atoms with E-state index >= 15 is 0 Å². The molecule has 2 N–H and O–H groups in total. The number of carbonyl (C=O) groups excluding carboxylic acids is 1. The van der Waals surface area contributed by atoms with Crippen molar-refractivity contribution in [3.63, 3.8) is 0 Å². The number of hydrogen-bond acceptors (Lipinski definition) is 2. The average Bonchev–Trinajstić information content (AvgIpc) is 2.47. The van der Waals surface area contributed by atoms with Crippen LogP contribution in [-0.2, 0) is 0 Å². The number of anilines is 1. The van der Waals surface area contributed by atoms with Gasteiger partial charge < -0.3 is 5.73 Å². The Morgan fingerprint density at radius 3 is 2.33 bits per heavy atom. The summed E-state index contributed by atoms with van der Waals surface area (Å²) < 4.78 is 0.957. The van der Waals surface area contributed by atoms with Crippen LogP contribution in [0.1, 0.15) is 15.9 Å². The minimum Gasteiger partial charge on any atom is -0.399 e. The van der Waals surface area contributed by atoms with Crippen molar-refractivity contribution in [1.82, 2.24) is 0 Å². The summed E-state index contributed by atoms with van der Waals surface area (Å²) in [5.74, 6) is -0.108. The standard InChI is InChI=1S/C17H11BrClNO/c18-15-8-7-13(11-3-1-2-4-12(11)15)17(21)14-6-5-10(20)9-16(14)19/h1-9H,20H2. The van der Waals surface area contributed by atoms with E-state index in [1.54, 1.807) is 24.3 Å². The zero-order valence-corrected chi connectivity index (χ0v) is 13.3. The van der Waals surface area contributed by atoms with Gasteiger partial charge in [0, 0.05) is 21.3 Å². The molecule has 0 amide bonds. The lowest BCUT2D eigenvalue weighted by Crippen LogP contribution is -2.03. The molecule has 0 fully saturated rings. The van der Waals surface area contributed by atoms with Crippen molar-refractivity contribution < 1.29 is 4.79 Å². The van der Waals surface area contributed by atoms with Gasteiger partial charge in [0.05, 0.1) is 5.02 Å². The molecule has 0 atom stereocenters. The van der Waals surface area contributed by atoms with Crippen molar-refractivity contribution in [3.8, 4) is 0 Å². The molecule has 0 saturated carbocycles. The maximum absolute atomic E-state index is 12.8. The Hall–Kier alpha value is -1.84. The van der Waals surface area contributed by atoms with Gasteiger partial charge in [0.15, 0.2) is 5.78 Å². The maximum atomic E-state index is 12.8. The van der Waals surface area contributed by atoms with Crippen LogP contribution in [-0.4, -0.2) is 5.78 Å². The van der Waals surface area contributed by atoms with Crippen LogP contribution in [0, 0.1) is 0 Å². The normalized spacial score (nSPS) is 10.8. The van der Waals surface area contributed by atoms with Gasteiger partial charge in [-0.1, -0.05) is 51.8 Å². The number of hydrogen-bond donors (Lipinski definition) is 1. The average molecular weight is 361 g/mol. The Morgan fingerprint density at radius 1 is 0.952 bits per heavy atom. The van der Waals surface area contributed by atoms with E-state index in [-0.39, 0.29) is 5.78 Å². The highest BCUT2D eigenvalue weighted by atomic mass is 79.9. The van der Waals surface area contributed by atoms with Crippen molar-refractivity contribution in [2.75, 3.05) is 5.73 Å². The Kier molecular flexibility index (Phi) is 3.70. The lowest BCUT2D eigenvalue weighted by molar-refractivity contribution is 0.104. The van der Waals surface area contributed by atoms with Crippen LogP contribution in [0.4, 0.5) is 5.69 Å². The van der Waals surface area contributed by atoms with E-state index in [4.69, 9.17) is 17.3 Å². The van der Waals surface area contributed by atoms with E-state index in [2.05, 4.69) is 15.9 Å². The first kappa shape index (κ1) is 14.1. The fraction of sp³-hybridized carbons (Fsp3) is 0. The number of ketones is 1. The van der Waals surface area contributed by atoms with Crippen molar-refractivity contribution in [2.24, 2.45) is 0 Å². The lowest BCUT2D eigenvalue weighted by atomic mass is 9.97. The van der Waals surface area contributed by atoms with Gasteiger partial charge in [-0.25, -0.2) is 0 Å². The largest absolute Gasteiger partial charge is 0.399 e. The highest BCUT2D eigenvalue weighted by Gasteiger charge is 2.16. The molecular weight excluding hydrogens is 350 g/mol. The summed E-state index contributed by atoms with van der Waals surface area (Å²) in [6.07, 6.45) is 0. The number of halogens is 2. The van der Waals surface area contributed by atoms with Crippen LogP contribution in [0.25, 0.3) is 10.8 Å². The van der Waals surface area contributed by atoms with Crippen molar-refractivity contribution in [3.05, 3.63) is 75.2 Å². The van der Waals surface area contributed by atoms with E-state index in [1.165, 1.54) is 0 Å². The molecule has 0 aliphatic rings. The molecule has 0 bridgehead atoms. The molecule has 2 nitrogen and oxygen atoms in total. The Labute approximate surface area is 135 Å². The first-order valence-electron chi connectivity index (χ1n) is 6.35. The molecular formula is C17H11BrClNO. The quantitative estimate of drug-likeness (QED) is 0.512. The molecule has 21 heavy (non-hydrogen) atoms. The fourth-order valence-corrected chi connectivity index (χ4v) is 3.07. The number of carbonyl (C=O) groups is 1. The summed E-state index contributed by atoms with van der Waals surface area (Å²) in [5.41, 5.74) is 7.30. The Balaban J connectivity index is 2.21. The van der Waals surface area contributed by atoms with Crippen LogP contribution >= 0.6 is 27.5 Å². The topological polar surface area (TPSA) is 43.1 Å². The monoisotopic (exact) mass is 359 g/mol. The number of rotatable bonds is 2. The summed E-state index contributed by atoms with van der Waals surface area (Å²) >= 11 is 9.65. The van der Waals surface area contributed by atoms with Gasteiger partial charge in [-0.2, -0.15) is 0 Å². The molecule has 0 unspecified atom stereocenters. The first-order chi connectivity index (χ1) is 10.1. The van der Waals surface area contributed by atoms with E-state index < -0.39 is 0 Å². The van der Waals surface area contributed by atoms with Gasteiger partial charge >= 0.3 is 0 Å². The third-order valence-corrected chi connectivity index (χ3v) is 4.36. The molecule has 0 spiro atoms. The number of benzene rings is 3. The lowest BCUT2D eigenvalue weighted by Gasteiger charge is -2.09. The predicted octanol–water partition coefficient (Wildman–Crippen LogP) is 5.07. The zero-order valence-electron chi connectivity index (χ0n) is 10.9. The smallest absolute Gasteiger partial charge is 0.195 e. The maximum Gasteiger partial charge on any atom is 0.195 e. The van der Waals surface area contributed by atoms with Crippen LogP contribution < -0.4 is 5.73 Å². The number of nitrogens with two attached hydrogens (primary N) is 1. The van der Waals surface area contributed by atoms with Gasteiger partial charge in [-0.05, 0) is 41.1 Å². The first-order valence-corrected chi connectivity index (χ1v) is 7.52. The number of fused-ring (bicyclic) bond motifs is 1. The molecule has 0 saturated heterocycles. The molecule has 0 heterocycles. The highest BCUT2D eigenvalue weighted by Crippen LogP contribution is 2.30. The summed E-state index contributed by atoms with van der Waals surface area (Å²) in [4.78, 5) is 12.8. The van der Waals surface area contributed by atoms with E-state index in [0.717, 1.165) is 15.2 Å². The van der Waals surface area contributed by atoms with Crippen LogP contribution in [0.5, 0.6) is 0 Å². The molecule has 3 rings (SSSR count). The third kappa shape index (κ3) is 2.55. The molecule has 3 aromatic rings. The SMILES string of the molecule is Nc1ccc(C(=O)c2ccc(Br)c3ccccc23)c(Cl)c1. The van der Waals surface area contributed by atoms with Crippen molar-refractivity contribution in [2.45, 2.75) is 0 Å². The molecule has 3 aromatic carbocycles. The van der Waals surface area contributed by atoms with Crippen molar-refractivity contribution >= 4 is 49.8 Å². The molecule has 104 valence electrons. The molecule has 0 aliphatic carbocycles. The Morgan fingerprint density at radius 2 is 1.62 bits per heavy atom. The minimum absolute atomic E-state index is 0.108. The number of nitrogen functional groups attached to an aromatic ring is 1. The highest BCUT2D eigenvalue weighted by molar-refractivity contribution is 9.10. The van der Waals surface area contributed by atoms with Crippen LogP contribution in [0.3, 0.4) is 0 Å². The van der Waals surface area contributed by atoms with Crippen LogP contribution in [0.15, 0.2) is 59.1 Å². The second-order valence-electron chi connectivity index (χ2n) is 4.71. The van der Waals surface area contributed by atoms with Gasteiger partial charge in [0.2, 0.25) is 0 Å². The van der Waals surface area contributed by atoms with Gasteiger partial charge in [-0.3, -0.25) is 4.79 Å². The molecule has 0 radical (unpaired) electrons. The second kappa shape index (κ2) is 5.51. The summed E-state index contributed by atoms with van der Waals surface area (Å²) in [6, 6.07) is 16.4. The van der Waals surface area contributed by atoms with Gasteiger partial charge in [0.1, 0.15) is 0 Å². The fourth-order valence-electron chi connectivity index (χ4n) is 2.32. The summed E-state index contributed by atoms with van der Waals surface area (Å²) in [6.45, 7) is 0. The van der Waals surface area contributed by atoms with E-state index in [1.807, 2.05) is 30.3 Å². The molecule has 4 heteroatoms. The van der Waals surface area contributed by atoms with Gasteiger partial charge in [-0.15, -0.1) is 0 Å². The Bertz CT molecular complexity index is 861. The second-order valence-corrected chi connectivity index (χ2v) is 5.97. The molecule has 0 aromatic heterocycles. The van der Waals surface area contributed by atoms with E-state index in [9.17, 15) is 4.79 Å². The van der Waals surface area contributed by atoms with Gasteiger partial charge in [0.25, 0.3) is 0 Å². The zero-order chi connectivity index (χ0) is 15.0. The van der Waals surface area contributed by atoms with Crippen LogP contribution in [0.2, 0.25) is 5.02 Å². The minimum atomic E-state index is -0.108. The third-order valence-electron chi connectivity index (χ3n) is 3.35. The molecule has 0 aliphatic heterocycles.